The molecule has 0 saturated heterocycles. The number of nitrogens with one attached hydrogen (secondary N) is 6. The van der Waals surface area contributed by atoms with Crippen molar-refractivity contribution < 1.29 is 43.5 Å². The van der Waals surface area contributed by atoms with Crippen LogP contribution >= 0.6 is 25.3 Å². The minimum absolute atomic E-state index is 0.0120. The van der Waals surface area contributed by atoms with Gasteiger partial charge in [-0.3, -0.25) is 28.8 Å². The second kappa shape index (κ2) is 22.6. The maximum Gasteiger partial charge on any atom is 0.327 e. The third kappa shape index (κ3) is 17.0. The van der Waals surface area contributed by atoms with E-state index in [1.807, 2.05) is 0 Å². The highest BCUT2D eigenvalue weighted by Gasteiger charge is 2.31. The second-order valence-electron chi connectivity index (χ2n) is 10.2. The van der Waals surface area contributed by atoms with Gasteiger partial charge in [0.25, 0.3) is 0 Å². The molecule has 262 valence electrons. The molecule has 0 aliphatic carbocycles. The van der Waals surface area contributed by atoms with Crippen molar-refractivity contribution in [2.75, 3.05) is 24.6 Å². The molecule has 8 amide bonds. The molecule has 0 unspecified atom stereocenters. The van der Waals surface area contributed by atoms with Crippen LogP contribution in [-0.4, -0.2) is 113 Å². The Morgan fingerprint density at radius 1 is 0.674 bits per heavy atom. The van der Waals surface area contributed by atoms with E-state index >= 15 is 0 Å². The molecule has 46 heavy (non-hydrogen) atoms. The van der Waals surface area contributed by atoms with Crippen LogP contribution in [0, 0.1) is 0 Å². The molecule has 0 saturated carbocycles. The minimum atomic E-state index is -1.58. The fourth-order valence-electron chi connectivity index (χ4n) is 3.73. The smallest absolute Gasteiger partial charge is 0.327 e. The van der Waals surface area contributed by atoms with E-state index in [-0.39, 0.29) is 37.3 Å². The van der Waals surface area contributed by atoms with E-state index in [4.69, 9.17) is 28.0 Å². The van der Waals surface area contributed by atoms with Gasteiger partial charge in [-0.2, -0.15) is 25.3 Å². The number of carboxylic acid groups (broad SMARTS) is 1. The zero-order valence-electron chi connectivity index (χ0n) is 25.5. The predicted octanol–water partition coefficient (Wildman–Crippen LogP) is -4.85. The highest BCUT2D eigenvalue weighted by atomic mass is 32.1. The number of carbonyl (C=O) groups is 8. The summed E-state index contributed by atoms with van der Waals surface area (Å²) in [6.07, 6.45) is 0.615. The van der Waals surface area contributed by atoms with Gasteiger partial charge in [-0.25, -0.2) is 9.59 Å². The lowest BCUT2D eigenvalue weighted by Crippen LogP contribution is -2.59. The van der Waals surface area contributed by atoms with Gasteiger partial charge in [0.2, 0.25) is 35.4 Å². The number of primary amides is 2. The largest absolute Gasteiger partial charge is 0.480 e. The number of nitrogens with two attached hydrogens (primary N) is 4. The quantitative estimate of drug-likeness (QED) is 0.0355. The molecule has 0 aromatic carbocycles. The fourth-order valence-corrected chi connectivity index (χ4v) is 4.14. The van der Waals surface area contributed by atoms with E-state index in [2.05, 4.69) is 57.2 Å². The van der Waals surface area contributed by atoms with Gasteiger partial charge in [0, 0.05) is 18.1 Å². The van der Waals surface area contributed by atoms with Crippen molar-refractivity contribution in [3.63, 3.8) is 0 Å². The average molecular weight is 695 g/mol. The summed E-state index contributed by atoms with van der Waals surface area (Å²) >= 11 is 7.82. The lowest BCUT2D eigenvalue weighted by molar-refractivity contribution is -0.141. The van der Waals surface area contributed by atoms with Crippen LogP contribution in [0.25, 0.3) is 0 Å². The number of unbranched alkanes of at least 4 members (excludes halogenated alkanes) is 1. The van der Waals surface area contributed by atoms with Crippen LogP contribution < -0.4 is 54.8 Å². The zero-order valence-corrected chi connectivity index (χ0v) is 27.2. The summed E-state index contributed by atoms with van der Waals surface area (Å²) < 4.78 is 0. The number of hydrogen-bond donors (Lipinski definition) is 13. The van der Waals surface area contributed by atoms with E-state index in [9.17, 15) is 38.4 Å². The van der Waals surface area contributed by atoms with Crippen LogP contribution in [0.5, 0.6) is 0 Å². The van der Waals surface area contributed by atoms with Gasteiger partial charge in [-0.05, 0) is 45.6 Å². The molecule has 0 rings (SSSR count). The number of urea groups is 1. The Balaban J connectivity index is 5.82. The number of amides is 8. The van der Waals surface area contributed by atoms with E-state index in [1.54, 1.807) is 0 Å². The molecule has 19 nitrogen and oxygen atoms in total. The Morgan fingerprint density at radius 2 is 1.17 bits per heavy atom. The molecule has 0 fully saturated rings. The molecule has 0 aliphatic heterocycles. The lowest BCUT2D eigenvalue weighted by Gasteiger charge is -2.26. The van der Waals surface area contributed by atoms with Crippen molar-refractivity contribution in [2.24, 2.45) is 22.9 Å². The summed E-state index contributed by atoms with van der Waals surface area (Å²) in [6.45, 7) is 1.64. The van der Waals surface area contributed by atoms with Crippen LogP contribution in [0.4, 0.5) is 4.79 Å². The van der Waals surface area contributed by atoms with Gasteiger partial charge in [-0.1, -0.05) is 0 Å². The van der Waals surface area contributed by atoms with Crippen molar-refractivity contribution in [1.29, 1.82) is 0 Å². The van der Waals surface area contributed by atoms with Crippen LogP contribution in [0.15, 0.2) is 0 Å². The number of rotatable bonds is 23. The molecule has 0 spiro atoms. The van der Waals surface area contributed by atoms with Gasteiger partial charge in [0.05, 0.1) is 12.5 Å². The van der Waals surface area contributed by atoms with E-state index < -0.39 is 90.1 Å². The van der Waals surface area contributed by atoms with Crippen LogP contribution in [-0.2, 0) is 33.6 Å². The monoisotopic (exact) mass is 694 g/mol. The van der Waals surface area contributed by atoms with Crippen molar-refractivity contribution in [3.05, 3.63) is 0 Å². The molecule has 15 N–H and O–H groups in total. The minimum Gasteiger partial charge on any atom is -0.480 e. The molecule has 0 aromatic rings. The van der Waals surface area contributed by atoms with Crippen molar-refractivity contribution in [2.45, 2.75) is 81.7 Å². The Bertz CT molecular complexity index is 1080. The maximum atomic E-state index is 13.3. The van der Waals surface area contributed by atoms with Gasteiger partial charge >= 0.3 is 12.0 Å². The standard InChI is InChI=1S/C25H46N10O9S2/c1-12(19(37)34-16(9-18(28)36)23(41)35-17(11-46)24(42)43)31-21(39)15(6-4-8-30-25(29)44)33-22(40)14(5-2-3-7-26)32-20(38)13(27)10-45/h12-17,45-46H,2-11,26-27H2,1H3,(H2,28,36)(H,31,39)(H,32,38)(H,33,40)(H,34,37)(H,35,41)(H,42,43)(H3,29,30,44)/t12-,13-,14-,15-,16-,17-/m0/s1. The molecular formula is C25H46N10O9S2. The Hall–Kier alpha value is -3.82. The van der Waals surface area contributed by atoms with Gasteiger partial charge in [-0.15, -0.1) is 0 Å². The van der Waals surface area contributed by atoms with E-state index in [1.165, 1.54) is 6.92 Å². The zero-order chi connectivity index (χ0) is 35.4. The van der Waals surface area contributed by atoms with Gasteiger partial charge < -0.3 is 59.9 Å². The summed E-state index contributed by atoms with van der Waals surface area (Å²) in [5.74, 6) is -6.84. The number of hydrogen-bond acceptors (Lipinski definition) is 12. The van der Waals surface area contributed by atoms with Crippen molar-refractivity contribution in [1.82, 2.24) is 31.9 Å². The average Bonchev–Trinajstić information content (AvgIpc) is 2.98. The highest BCUT2D eigenvalue weighted by molar-refractivity contribution is 7.80. The number of carboxylic acids is 1. The summed E-state index contributed by atoms with van der Waals surface area (Å²) in [4.78, 5) is 98.2. The lowest BCUT2D eigenvalue weighted by atomic mass is 10.1. The Morgan fingerprint density at radius 3 is 1.67 bits per heavy atom. The predicted molar refractivity (Wildman–Crippen MR) is 172 cm³/mol. The fraction of sp³-hybridized carbons (Fsp3) is 0.680. The topological polar surface area (TPSA) is 333 Å². The Labute approximate surface area is 277 Å². The summed E-state index contributed by atoms with van der Waals surface area (Å²) in [5.41, 5.74) is 21.5. The molecular weight excluding hydrogens is 648 g/mol. The van der Waals surface area contributed by atoms with Crippen LogP contribution in [0.3, 0.4) is 0 Å². The molecule has 6 atom stereocenters. The first-order valence-corrected chi connectivity index (χ1v) is 15.6. The number of thiol groups is 2. The highest BCUT2D eigenvalue weighted by Crippen LogP contribution is 2.06. The van der Waals surface area contributed by atoms with Gasteiger partial charge in [0.15, 0.2) is 0 Å². The van der Waals surface area contributed by atoms with Crippen molar-refractivity contribution >= 4 is 72.7 Å². The van der Waals surface area contributed by atoms with Crippen molar-refractivity contribution in [3.8, 4) is 0 Å². The first kappa shape index (κ1) is 42.2. The second-order valence-corrected chi connectivity index (χ2v) is 10.9. The van der Waals surface area contributed by atoms with Crippen LogP contribution in [0.2, 0.25) is 0 Å². The molecule has 0 heterocycles. The number of carbonyl (C=O) groups excluding carboxylic acids is 7. The first-order valence-electron chi connectivity index (χ1n) is 14.3. The van der Waals surface area contributed by atoms with Gasteiger partial charge in [0.1, 0.15) is 30.2 Å². The molecule has 0 aromatic heterocycles. The normalized spacial score (nSPS) is 14.6. The Kier molecular flexibility index (Phi) is 20.8. The van der Waals surface area contributed by atoms with Crippen LogP contribution in [0.1, 0.15) is 45.4 Å². The molecule has 0 bridgehead atoms. The third-order valence-electron chi connectivity index (χ3n) is 6.30. The molecule has 0 radical (unpaired) electrons. The SMILES string of the molecule is C[C@H](NC(=O)[C@H](CCCNC(N)=O)NC(=O)[C@H](CCCCN)NC(=O)[C@@H](N)CS)C(=O)N[C@@H](CC(N)=O)C(=O)N[C@@H](CS)C(=O)O. The number of aliphatic carboxylic acids is 1. The molecule has 21 heteroatoms. The molecule has 0 aliphatic rings. The first-order chi connectivity index (χ1) is 21.6. The maximum absolute atomic E-state index is 13.3. The summed E-state index contributed by atoms with van der Waals surface area (Å²) in [5, 5.41) is 23.3. The van der Waals surface area contributed by atoms with E-state index in [0.717, 1.165) is 0 Å². The summed E-state index contributed by atoms with van der Waals surface area (Å²) in [6, 6.07) is -8.52. The third-order valence-corrected chi connectivity index (χ3v) is 7.06. The summed E-state index contributed by atoms with van der Waals surface area (Å²) in [7, 11) is 0. The van der Waals surface area contributed by atoms with E-state index in [0.29, 0.717) is 19.4 Å².